The molecule has 3 aliphatic heterocycles. The number of unbranched alkanes of at least 4 members (excludes halogenated alkanes) is 1. The number of nitrogens with one attached hydrogen (secondary N) is 2. The number of piperazine rings is 1. The molecule has 0 radical (unpaired) electrons. The predicted octanol–water partition coefficient (Wildman–Crippen LogP) is 10.8. The first-order chi connectivity index (χ1) is 37.2. The van der Waals surface area contributed by atoms with Gasteiger partial charge in [-0.1, -0.05) is 66.6 Å². The summed E-state index contributed by atoms with van der Waals surface area (Å²) in [4.78, 5) is 74.0. The summed E-state index contributed by atoms with van der Waals surface area (Å²) in [5, 5.41) is 6.09. The van der Waals surface area contributed by atoms with Crippen LogP contribution in [0.15, 0.2) is 91.0 Å². The molecule has 3 fully saturated rings. The highest BCUT2D eigenvalue weighted by Gasteiger charge is 2.31. The number of piperidine rings is 1. The van der Waals surface area contributed by atoms with Crippen molar-refractivity contribution in [2.45, 2.75) is 116 Å². The van der Waals surface area contributed by atoms with Crippen LogP contribution < -0.4 is 25.2 Å². The van der Waals surface area contributed by atoms with Crippen molar-refractivity contribution in [1.82, 2.24) is 29.7 Å². The number of hydrogen-bond donors (Lipinski definition) is 2. The van der Waals surface area contributed by atoms with Gasteiger partial charge in [-0.05, 0) is 161 Å². The van der Waals surface area contributed by atoms with Gasteiger partial charge in [-0.15, -0.1) is 0 Å². The van der Waals surface area contributed by atoms with Crippen LogP contribution in [0.2, 0.25) is 0 Å². The number of thiazole rings is 1. The second-order valence-corrected chi connectivity index (χ2v) is 23.4. The number of ether oxygens (including phenoxy) is 2. The number of pyridine rings is 1. The van der Waals surface area contributed by atoms with Gasteiger partial charge in [0.05, 0.1) is 33.3 Å². The number of carbonyl (C=O) groups excluding carboxylic acids is 4. The van der Waals surface area contributed by atoms with Crippen LogP contribution in [-0.2, 0) is 34.3 Å². The van der Waals surface area contributed by atoms with Crippen molar-refractivity contribution < 1.29 is 28.7 Å². The van der Waals surface area contributed by atoms with Crippen LogP contribution in [-0.4, -0.2) is 99.1 Å². The molecule has 0 bridgehead atoms. The summed E-state index contributed by atoms with van der Waals surface area (Å²) < 4.78 is 16.0. The Bertz CT molecular complexity index is 3330. The molecule has 7 aromatic rings. The molecule has 3 aromatic heterocycles. The van der Waals surface area contributed by atoms with Gasteiger partial charge in [0.1, 0.15) is 17.2 Å². The molecule has 4 aromatic carbocycles. The van der Waals surface area contributed by atoms with Gasteiger partial charge in [0.15, 0.2) is 10.8 Å². The predicted molar refractivity (Wildman–Crippen MR) is 303 cm³/mol. The minimum Gasteiger partial charge on any atom is -0.490 e. The van der Waals surface area contributed by atoms with Crippen molar-refractivity contribution >= 4 is 73.2 Å². The quantitative estimate of drug-likeness (QED) is 0.0603. The van der Waals surface area contributed by atoms with Gasteiger partial charge < -0.3 is 23.8 Å². The summed E-state index contributed by atoms with van der Waals surface area (Å²) in [6.45, 7) is 13.7. The number of rotatable bonds is 14. The van der Waals surface area contributed by atoms with Crippen molar-refractivity contribution in [3.8, 4) is 16.9 Å². The molecule has 77 heavy (non-hydrogen) atoms. The number of fused-ring (bicyclic) bond motifs is 3. The number of aryl methyl sites for hydroxylation is 1. The molecule has 1 saturated carbocycles. The van der Waals surface area contributed by atoms with E-state index in [-0.39, 0.29) is 35.4 Å². The standard InChI is InChI=1S/C61H69N9O6S/c1-38-43(45-24-27-53(64-55(45)58(74)76-61(2,3)4)70-31-29-40-13-10-15-46(47(40)37-70)57(73)66-59-62-48-16-6-7-18-52(48)77-59)14-11-17-51(38)75-42-22-19-39(20-23-42)12-8-9-30-68-32-34-69(35-33-68)60-63-49-36-41(21-26-50(49)67(60)5)44-25-28-54(71)65-56(44)72/h6-7,10-11,13-18,21,24,26-27,36,39,42,44H,8-9,12,19-20,22-23,25,28-35,37H2,1-5H3,(H,62,66,73)(H,65,71,72). The van der Waals surface area contributed by atoms with Crippen LogP contribution in [0.3, 0.4) is 0 Å². The minimum atomic E-state index is -0.730. The molecule has 1 aliphatic carbocycles. The third kappa shape index (κ3) is 11.5. The average molecular weight is 1060 g/mol. The topological polar surface area (TPSA) is 164 Å². The Morgan fingerprint density at radius 1 is 0.792 bits per heavy atom. The Hall–Kier alpha value is -7.17. The Morgan fingerprint density at radius 2 is 1.60 bits per heavy atom. The number of benzene rings is 4. The number of imide groups is 1. The van der Waals surface area contributed by atoms with Gasteiger partial charge in [-0.25, -0.2) is 19.7 Å². The molecule has 15 nitrogen and oxygen atoms in total. The van der Waals surface area contributed by atoms with E-state index >= 15 is 0 Å². The fourth-order valence-corrected chi connectivity index (χ4v) is 12.7. The van der Waals surface area contributed by atoms with Crippen LogP contribution in [0.1, 0.15) is 128 Å². The molecule has 1 atom stereocenters. The second kappa shape index (κ2) is 22.1. The Labute approximate surface area is 454 Å². The summed E-state index contributed by atoms with van der Waals surface area (Å²) in [6, 6.07) is 29.8. The molecule has 0 spiro atoms. The van der Waals surface area contributed by atoms with Gasteiger partial charge in [0.2, 0.25) is 17.8 Å². The Balaban J connectivity index is 0.677. The third-order valence-corrected chi connectivity index (χ3v) is 17.0. The third-order valence-electron chi connectivity index (χ3n) is 16.0. The number of para-hydroxylation sites is 1. The maximum atomic E-state index is 14.1. The highest BCUT2D eigenvalue weighted by molar-refractivity contribution is 7.22. The monoisotopic (exact) mass is 1060 g/mol. The molecule has 3 amide bonds. The number of amides is 3. The van der Waals surface area contributed by atoms with Crippen molar-refractivity contribution in [3.63, 3.8) is 0 Å². The fraction of sp³-hybridized carbons (Fsp3) is 0.426. The summed E-state index contributed by atoms with van der Waals surface area (Å²) in [7, 11) is 2.06. The minimum absolute atomic E-state index is 0.126. The largest absolute Gasteiger partial charge is 0.490 e. The van der Waals surface area contributed by atoms with Crippen molar-refractivity contribution in [2.24, 2.45) is 13.0 Å². The van der Waals surface area contributed by atoms with Gasteiger partial charge in [-0.2, -0.15) is 0 Å². The van der Waals surface area contributed by atoms with E-state index in [9.17, 15) is 19.2 Å². The molecule has 11 rings (SSSR count). The number of carbonyl (C=O) groups is 4. The summed E-state index contributed by atoms with van der Waals surface area (Å²) in [6.07, 6.45) is 9.72. The lowest BCUT2D eigenvalue weighted by molar-refractivity contribution is -0.134. The highest BCUT2D eigenvalue weighted by atomic mass is 32.1. The molecule has 4 aliphatic rings. The lowest BCUT2D eigenvalue weighted by Gasteiger charge is -2.35. The van der Waals surface area contributed by atoms with Gasteiger partial charge in [0, 0.05) is 63.9 Å². The molecule has 16 heteroatoms. The SMILES string of the molecule is Cc1c(OC2CCC(CCCCN3CCN(c4nc5cc(C6CCC(=O)NC6=O)ccc5n4C)CC3)CC2)cccc1-c1ccc(N2CCc3cccc(C(=O)Nc4nc5ccccc5s4)c3C2)nc1C(=O)OC(C)(C)C. The van der Waals surface area contributed by atoms with Crippen LogP contribution in [0, 0.1) is 12.8 Å². The maximum Gasteiger partial charge on any atom is 0.358 e. The lowest BCUT2D eigenvalue weighted by Crippen LogP contribution is -2.47. The molecule has 2 saturated heterocycles. The number of imidazole rings is 1. The first kappa shape index (κ1) is 51.9. The summed E-state index contributed by atoms with van der Waals surface area (Å²) in [5.41, 5.74) is 8.37. The lowest BCUT2D eigenvalue weighted by atomic mass is 9.84. The smallest absolute Gasteiger partial charge is 0.358 e. The molecule has 6 heterocycles. The van der Waals surface area contributed by atoms with E-state index in [4.69, 9.17) is 19.4 Å². The van der Waals surface area contributed by atoms with E-state index in [1.165, 1.54) is 30.6 Å². The first-order valence-corrected chi connectivity index (χ1v) is 28.3. The molecular weight excluding hydrogens is 987 g/mol. The number of nitrogens with zero attached hydrogens (tertiary/aromatic N) is 7. The van der Waals surface area contributed by atoms with E-state index < -0.39 is 11.6 Å². The summed E-state index contributed by atoms with van der Waals surface area (Å²) in [5.74, 6) is 1.69. The number of hydrogen-bond acceptors (Lipinski definition) is 13. The van der Waals surface area contributed by atoms with E-state index in [0.717, 1.165) is 126 Å². The van der Waals surface area contributed by atoms with Gasteiger partial charge in [0.25, 0.3) is 5.91 Å². The highest BCUT2D eigenvalue weighted by Crippen LogP contribution is 2.38. The van der Waals surface area contributed by atoms with Gasteiger partial charge in [-0.3, -0.25) is 29.9 Å². The number of aromatic nitrogens is 4. The molecule has 400 valence electrons. The number of esters is 1. The van der Waals surface area contributed by atoms with Crippen LogP contribution >= 0.6 is 11.3 Å². The second-order valence-electron chi connectivity index (χ2n) is 22.4. The molecule has 2 N–H and O–H groups in total. The molecular formula is C61H69N9O6S. The van der Waals surface area contributed by atoms with Gasteiger partial charge >= 0.3 is 5.97 Å². The zero-order chi connectivity index (χ0) is 53.4. The number of anilines is 3. The van der Waals surface area contributed by atoms with E-state index in [1.807, 2.05) is 106 Å². The first-order valence-electron chi connectivity index (χ1n) is 27.5. The van der Waals surface area contributed by atoms with Crippen LogP contribution in [0.4, 0.5) is 16.9 Å². The Kier molecular flexibility index (Phi) is 14.9. The summed E-state index contributed by atoms with van der Waals surface area (Å²) >= 11 is 1.45. The normalized spacial score (nSPS) is 19.3. The van der Waals surface area contributed by atoms with Crippen molar-refractivity contribution in [2.75, 3.05) is 54.4 Å². The van der Waals surface area contributed by atoms with E-state index in [0.29, 0.717) is 53.9 Å². The average Bonchev–Trinajstić information content (AvgIpc) is 4.03. The Morgan fingerprint density at radius 3 is 2.39 bits per heavy atom. The van der Waals surface area contributed by atoms with E-state index in [1.54, 1.807) is 0 Å². The zero-order valence-corrected chi connectivity index (χ0v) is 45.7. The maximum absolute atomic E-state index is 14.1. The molecule has 1 unspecified atom stereocenters. The van der Waals surface area contributed by atoms with Crippen molar-refractivity contribution in [3.05, 3.63) is 125 Å². The zero-order valence-electron chi connectivity index (χ0n) is 44.9. The van der Waals surface area contributed by atoms with Crippen molar-refractivity contribution in [1.29, 1.82) is 0 Å². The van der Waals surface area contributed by atoms with E-state index in [2.05, 4.69) is 54.9 Å². The van der Waals surface area contributed by atoms with Crippen LogP contribution in [0.5, 0.6) is 5.75 Å². The fourth-order valence-electron chi connectivity index (χ4n) is 11.8. The van der Waals surface area contributed by atoms with Crippen LogP contribution in [0.25, 0.3) is 32.4 Å².